The normalized spacial score (nSPS) is 11.5. The SMILES string of the molecule is COc1ccc(CN(Cc2ccc(OC)cc2)S(=O)(=O)c2ccn(-c3cccnc3)n2)cc1.COc1ccc(CN(Cc2ccc(OC)cc2)S(=O)(=O)c2ccn[nH]2)cc1. The number of sulfonamides is 2. The largest absolute Gasteiger partial charge is 0.497 e. The van der Waals surface area contributed by atoms with Gasteiger partial charge in [-0.05, 0) is 95.1 Å². The molecule has 0 aliphatic rings. The van der Waals surface area contributed by atoms with Crippen molar-refractivity contribution in [3.8, 4) is 28.7 Å². The second kappa shape index (κ2) is 20.0. The number of aromatic nitrogens is 5. The molecular formula is C43H45N7O8S2. The molecule has 15 nitrogen and oxygen atoms in total. The molecule has 0 aliphatic carbocycles. The topological polar surface area (TPSA) is 171 Å². The maximum atomic E-state index is 13.6. The predicted octanol–water partition coefficient (Wildman–Crippen LogP) is 6.49. The van der Waals surface area contributed by atoms with E-state index in [1.54, 1.807) is 53.1 Å². The van der Waals surface area contributed by atoms with Crippen LogP contribution in [0.25, 0.3) is 5.69 Å². The quantitative estimate of drug-likeness (QED) is 0.106. The number of nitrogens with zero attached hydrogens (tertiary/aromatic N) is 6. The summed E-state index contributed by atoms with van der Waals surface area (Å²) in [5.74, 6) is 2.85. The average Bonchev–Trinajstić information content (AvgIpc) is 4.03. The number of rotatable bonds is 17. The van der Waals surface area contributed by atoms with E-state index >= 15 is 0 Å². The number of hydrogen-bond acceptors (Lipinski definition) is 11. The van der Waals surface area contributed by atoms with Crippen LogP contribution in [0, 0.1) is 0 Å². The number of pyridine rings is 1. The molecule has 312 valence electrons. The Morgan fingerprint density at radius 2 is 0.950 bits per heavy atom. The molecule has 0 saturated carbocycles. The summed E-state index contributed by atoms with van der Waals surface area (Å²) in [4.78, 5) is 4.07. The van der Waals surface area contributed by atoms with Gasteiger partial charge in [0.15, 0.2) is 10.1 Å². The Kier molecular flexibility index (Phi) is 14.3. The number of H-pyrrole nitrogens is 1. The highest BCUT2D eigenvalue weighted by molar-refractivity contribution is 7.89. The van der Waals surface area contributed by atoms with Gasteiger partial charge in [-0.2, -0.15) is 18.8 Å². The van der Waals surface area contributed by atoms with E-state index in [2.05, 4.69) is 20.3 Å². The van der Waals surface area contributed by atoms with Gasteiger partial charge in [-0.25, -0.2) is 21.5 Å². The van der Waals surface area contributed by atoms with Gasteiger partial charge in [0.25, 0.3) is 20.0 Å². The van der Waals surface area contributed by atoms with Gasteiger partial charge in [-0.15, -0.1) is 0 Å². The van der Waals surface area contributed by atoms with Crippen LogP contribution in [0.1, 0.15) is 22.3 Å². The van der Waals surface area contributed by atoms with Crippen LogP contribution >= 0.6 is 0 Å². The molecule has 0 unspecified atom stereocenters. The van der Waals surface area contributed by atoms with Gasteiger partial charge in [0.2, 0.25) is 0 Å². The van der Waals surface area contributed by atoms with E-state index in [0.717, 1.165) is 33.8 Å². The van der Waals surface area contributed by atoms with Crippen LogP contribution in [0.5, 0.6) is 23.0 Å². The minimum absolute atomic E-state index is 0.0339. The third kappa shape index (κ3) is 10.9. The van der Waals surface area contributed by atoms with E-state index in [1.165, 1.54) is 31.6 Å². The first-order valence-electron chi connectivity index (χ1n) is 18.5. The van der Waals surface area contributed by atoms with E-state index in [9.17, 15) is 16.8 Å². The van der Waals surface area contributed by atoms with Crippen molar-refractivity contribution in [3.63, 3.8) is 0 Å². The monoisotopic (exact) mass is 851 g/mol. The fourth-order valence-corrected chi connectivity index (χ4v) is 8.57. The van der Waals surface area contributed by atoms with Crippen molar-refractivity contribution in [1.29, 1.82) is 0 Å². The van der Waals surface area contributed by atoms with Gasteiger partial charge in [-0.1, -0.05) is 48.5 Å². The summed E-state index contributed by atoms with van der Waals surface area (Å²) in [7, 11) is -1.27. The Bertz CT molecular complexity index is 2510. The van der Waals surface area contributed by atoms with Crippen LogP contribution in [0.15, 0.2) is 156 Å². The van der Waals surface area contributed by atoms with Crippen LogP contribution in [0.3, 0.4) is 0 Å². The molecular weight excluding hydrogens is 807 g/mol. The van der Waals surface area contributed by atoms with Crippen molar-refractivity contribution in [3.05, 3.63) is 168 Å². The predicted molar refractivity (Wildman–Crippen MR) is 225 cm³/mol. The lowest BCUT2D eigenvalue weighted by molar-refractivity contribution is 0.395. The van der Waals surface area contributed by atoms with Gasteiger partial charge in [0.05, 0.1) is 46.5 Å². The van der Waals surface area contributed by atoms with E-state index in [1.807, 2.05) is 103 Å². The number of ether oxygens (including phenoxy) is 4. The second-order valence-corrected chi connectivity index (χ2v) is 17.0. The van der Waals surface area contributed by atoms with Crippen LogP contribution in [0.4, 0.5) is 0 Å². The highest BCUT2D eigenvalue weighted by atomic mass is 32.2. The maximum Gasteiger partial charge on any atom is 0.263 e. The summed E-state index contributed by atoms with van der Waals surface area (Å²) in [5.41, 5.74) is 4.05. The van der Waals surface area contributed by atoms with Gasteiger partial charge < -0.3 is 18.9 Å². The van der Waals surface area contributed by atoms with Crippen LogP contribution in [0.2, 0.25) is 0 Å². The number of methoxy groups -OCH3 is 4. The molecule has 7 aromatic rings. The molecule has 7 rings (SSSR count). The average molecular weight is 852 g/mol. The van der Waals surface area contributed by atoms with Crippen LogP contribution < -0.4 is 18.9 Å². The minimum Gasteiger partial charge on any atom is -0.497 e. The Labute approximate surface area is 349 Å². The lowest BCUT2D eigenvalue weighted by atomic mass is 10.2. The van der Waals surface area contributed by atoms with E-state index in [-0.39, 0.29) is 36.2 Å². The molecule has 0 atom stereocenters. The molecule has 0 bridgehead atoms. The van der Waals surface area contributed by atoms with Crippen molar-refractivity contribution in [1.82, 2.24) is 33.6 Å². The van der Waals surface area contributed by atoms with E-state index in [4.69, 9.17) is 18.9 Å². The first-order chi connectivity index (χ1) is 29.0. The highest BCUT2D eigenvalue weighted by Crippen LogP contribution is 2.25. The first-order valence-corrected chi connectivity index (χ1v) is 21.4. The van der Waals surface area contributed by atoms with E-state index in [0.29, 0.717) is 17.2 Å². The molecule has 0 aliphatic heterocycles. The summed E-state index contributed by atoms with van der Waals surface area (Å²) in [6.07, 6.45) is 6.31. The Hall–Kier alpha value is -6.53. The van der Waals surface area contributed by atoms with Crippen molar-refractivity contribution in [2.45, 2.75) is 36.2 Å². The number of hydrogen-bond donors (Lipinski definition) is 1. The molecule has 60 heavy (non-hydrogen) atoms. The van der Waals surface area contributed by atoms with Crippen molar-refractivity contribution in [2.75, 3.05) is 28.4 Å². The fraction of sp³-hybridized carbons (Fsp3) is 0.186. The molecule has 0 amide bonds. The summed E-state index contributed by atoms with van der Waals surface area (Å²) in [6, 6.07) is 35.8. The molecule has 1 N–H and O–H groups in total. The Balaban J connectivity index is 0.000000205. The Morgan fingerprint density at radius 3 is 1.30 bits per heavy atom. The minimum atomic E-state index is -3.90. The summed E-state index contributed by atoms with van der Waals surface area (Å²) < 4.78 is 78.4. The number of benzene rings is 4. The van der Waals surface area contributed by atoms with Crippen LogP contribution in [-0.2, 0) is 46.2 Å². The fourth-order valence-electron chi connectivity index (χ4n) is 5.93. The summed E-state index contributed by atoms with van der Waals surface area (Å²) >= 11 is 0. The lowest BCUT2D eigenvalue weighted by Gasteiger charge is -2.22. The molecule has 0 saturated heterocycles. The standard InChI is InChI=1S/C24H24N4O4S.C19H21N3O4S/c1-31-22-9-5-19(6-10-22)17-27(18-20-7-11-23(32-2)12-8-20)33(29,30)24-13-15-28(26-24)21-4-3-14-25-16-21;1-25-17-7-3-15(4-8-17)13-22(27(23,24)19-11-12-20-21-19)14-16-5-9-18(26-2)10-6-16/h3-16H,17-18H2,1-2H3;3-12H,13-14H2,1-2H3,(H,20,21). The molecule has 0 fully saturated rings. The van der Waals surface area contributed by atoms with Gasteiger partial charge >= 0.3 is 0 Å². The molecule has 0 spiro atoms. The van der Waals surface area contributed by atoms with Crippen molar-refractivity contribution >= 4 is 20.0 Å². The lowest BCUT2D eigenvalue weighted by Crippen LogP contribution is -2.30. The smallest absolute Gasteiger partial charge is 0.263 e. The summed E-state index contributed by atoms with van der Waals surface area (Å²) in [5, 5.41) is 10.7. The molecule has 3 aromatic heterocycles. The van der Waals surface area contributed by atoms with Gasteiger partial charge in [0.1, 0.15) is 23.0 Å². The zero-order chi connectivity index (χ0) is 42.5. The summed E-state index contributed by atoms with van der Waals surface area (Å²) in [6.45, 7) is 0.797. The Morgan fingerprint density at radius 1 is 0.533 bits per heavy atom. The molecule has 17 heteroatoms. The van der Waals surface area contributed by atoms with Crippen LogP contribution in [-0.4, -0.2) is 78.8 Å². The first kappa shape index (κ1) is 43.1. The zero-order valence-electron chi connectivity index (χ0n) is 33.5. The van der Waals surface area contributed by atoms with E-state index < -0.39 is 20.0 Å². The number of aromatic amines is 1. The maximum absolute atomic E-state index is 13.6. The molecule has 4 aromatic carbocycles. The van der Waals surface area contributed by atoms with Gasteiger partial charge in [-0.3, -0.25) is 10.1 Å². The highest BCUT2D eigenvalue weighted by Gasteiger charge is 2.28. The number of nitrogens with one attached hydrogen (secondary N) is 1. The van der Waals surface area contributed by atoms with Crippen molar-refractivity contribution < 1.29 is 35.8 Å². The van der Waals surface area contributed by atoms with Gasteiger partial charge in [0, 0.05) is 38.6 Å². The molecule has 0 radical (unpaired) electrons. The second-order valence-electron chi connectivity index (χ2n) is 13.2. The molecule has 3 heterocycles. The zero-order valence-corrected chi connectivity index (χ0v) is 35.1. The third-order valence-electron chi connectivity index (χ3n) is 9.24. The van der Waals surface area contributed by atoms with Crippen molar-refractivity contribution in [2.24, 2.45) is 0 Å². The third-order valence-corrected chi connectivity index (χ3v) is 12.6.